The average molecular weight is 245 g/mol. The molecule has 16 heavy (non-hydrogen) atoms. The fourth-order valence-corrected chi connectivity index (χ4v) is 4.55. The van der Waals surface area contributed by atoms with Gasteiger partial charge in [-0.3, -0.25) is 0 Å². The molecule has 0 radical (unpaired) electrons. The van der Waals surface area contributed by atoms with Crippen molar-refractivity contribution in [2.45, 2.75) is 72.1 Å². The molecule has 0 heterocycles. The van der Waals surface area contributed by atoms with E-state index in [4.69, 9.17) is 11.6 Å². The molecule has 0 amide bonds. The molecular weight excluding hydrogens is 216 g/mol. The molecule has 1 aliphatic carbocycles. The number of halogens is 1. The van der Waals surface area contributed by atoms with Crippen molar-refractivity contribution in [3.63, 3.8) is 0 Å². The molecular formula is C15H29Cl. The van der Waals surface area contributed by atoms with E-state index >= 15 is 0 Å². The predicted molar refractivity (Wildman–Crippen MR) is 74.0 cm³/mol. The van der Waals surface area contributed by atoms with Gasteiger partial charge in [-0.15, -0.1) is 11.6 Å². The molecule has 1 fully saturated rings. The van der Waals surface area contributed by atoms with Crippen LogP contribution in [0.1, 0.15) is 66.7 Å². The average Bonchev–Trinajstić information content (AvgIpc) is 2.18. The van der Waals surface area contributed by atoms with Gasteiger partial charge < -0.3 is 0 Å². The van der Waals surface area contributed by atoms with Gasteiger partial charge in [-0.2, -0.15) is 0 Å². The molecule has 0 N–H and O–H groups in total. The van der Waals surface area contributed by atoms with Crippen LogP contribution in [0.3, 0.4) is 0 Å². The lowest BCUT2D eigenvalue weighted by atomic mass is 9.62. The highest BCUT2D eigenvalue weighted by molar-refractivity contribution is 6.20. The molecule has 3 unspecified atom stereocenters. The maximum Gasteiger partial charge on any atom is 0.0372 e. The number of hydrogen-bond donors (Lipinski definition) is 0. The van der Waals surface area contributed by atoms with Crippen molar-refractivity contribution in [3.8, 4) is 0 Å². The van der Waals surface area contributed by atoms with Gasteiger partial charge in [0.2, 0.25) is 0 Å². The van der Waals surface area contributed by atoms with E-state index in [1.54, 1.807) is 0 Å². The van der Waals surface area contributed by atoms with Crippen LogP contribution in [0.5, 0.6) is 0 Å². The van der Waals surface area contributed by atoms with Crippen molar-refractivity contribution in [3.05, 3.63) is 0 Å². The lowest BCUT2D eigenvalue weighted by Crippen LogP contribution is -2.40. The van der Waals surface area contributed by atoms with Crippen LogP contribution in [0.2, 0.25) is 0 Å². The Kier molecular flexibility index (Phi) is 5.16. The molecule has 96 valence electrons. The van der Waals surface area contributed by atoms with Gasteiger partial charge in [0.15, 0.2) is 0 Å². The number of alkyl halides is 1. The van der Waals surface area contributed by atoms with Gasteiger partial charge in [-0.05, 0) is 36.0 Å². The van der Waals surface area contributed by atoms with Gasteiger partial charge in [0, 0.05) is 5.38 Å². The zero-order valence-corrected chi connectivity index (χ0v) is 12.5. The second-order valence-corrected chi connectivity index (χ2v) is 6.94. The fraction of sp³-hybridized carbons (Fsp3) is 1.00. The number of rotatable bonds is 4. The summed E-state index contributed by atoms with van der Waals surface area (Å²) in [5, 5.41) is 0.402. The number of hydrogen-bond acceptors (Lipinski definition) is 0. The van der Waals surface area contributed by atoms with Crippen LogP contribution in [-0.4, -0.2) is 5.38 Å². The third-order valence-corrected chi connectivity index (χ3v) is 5.51. The van der Waals surface area contributed by atoms with Gasteiger partial charge in [-0.1, -0.05) is 53.9 Å². The zero-order valence-electron chi connectivity index (χ0n) is 11.7. The maximum absolute atomic E-state index is 6.62. The van der Waals surface area contributed by atoms with E-state index in [1.807, 2.05) is 0 Å². The molecule has 3 atom stereocenters. The standard InChI is InChI=1S/C15H29Cl/c1-6-12(7-2)15(4,5)13-9-8-11(3)10-14(13)16/h11-14H,6-10H2,1-5H3. The summed E-state index contributed by atoms with van der Waals surface area (Å²) >= 11 is 6.62. The minimum atomic E-state index is 0.402. The summed E-state index contributed by atoms with van der Waals surface area (Å²) in [5.41, 5.74) is 0.413. The van der Waals surface area contributed by atoms with E-state index in [1.165, 1.54) is 32.1 Å². The molecule has 0 bridgehead atoms. The van der Waals surface area contributed by atoms with Gasteiger partial charge >= 0.3 is 0 Å². The molecule has 1 rings (SSSR count). The summed E-state index contributed by atoms with van der Waals surface area (Å²) in [6.45, 7) is 11.9. The summed E-state index contributed by atoms with van der Waals surface area (Å²) in [4.78, 5) is 0. The van der Waals surface area contributed by atoms with Crippen molar-refractivity contribution in [2.75, 3.05) is 0 Å². The Hall–Kier alpha value is 0.290. The minimum absolute atomic E-state index is 0.402. The van der Waals surface area contributed by atoms with Crippen LogP contribution in [-0.2, 0) is 0 Å². The van der Waals surface area contributed by atoms with E-state index in [0.717, 1.165) is 17.8 Å². The molecule has 1 saturated carbocycles. The van der Waals surface area contributed by atoms with Crippen molar-refractivity contribution in [1.82, 2.24) is 0 Å². The molecule has 0 nitrogen and oxygen atoms in total. The molecule has 0 saturated heterocycles. The van der Waals surface area contributed by atoms with Crippen LogP contribution in [0.15, 0.2) is 0 Å². The Morgan fingerprint density at radius 3 is 2.19 bits per heavy atom. The van der Waals surface area contributed by atoms with Crippen LogP contribution in [0.4, 0.5) is 0 Å². The van der Waals surface area contributed by atoms with Crippen LogP contribution >= 0.6 is 11.6 Å². The van der Waals surface area contributed by atoms with Crippen molar-refractivity contribution in [2.24, 2.45) is 23.2 Å². The highest BCUT2D eigenvalue weighted by atomic mass is 35.5. The van der Waals surface area contributed by atoms with E-state index in [0.29, 0.717) is 10.8 Å². The summed E-state index contributed by atoms with van der Waals surface area (Å²) in [5.74, 6) is 2.37. The molecule has 0 aromatic heterocycles. The lowest BCUT2D eigenvalue weighted by Gasteiger charge is -2.46. The smallest absolute Gasteiger partial charge is 0.0372 e. The minimum Gasteiger partial charge on any atom is -0.123 e. The maximum atomic E-state index is 6.62. The third kappa shape index (κ3) is 2.94. The zero-order chi connectivity index (χ0) is 12.3. The first-order valence-corrected chi connectivity index (χ1v) is 7.51. The highest BCUT2D eigenvalue weighted by Gasteiger charge is 2.41. The molecule has 1 aliphatic rings. The first-order chi connectivity index (χ1) is 7.43. The fourth-order valence-electron chi connectivity index (χ4n) is 3.79. The van der Waals surface area contributed by atoms with E-state index in [2.05, 4.69) is 34.6 Å². The van der Waals surface area contributed by atoms with E-state index < -0.39 is 0 Å². The van der Waals surface area contributed by atoms with Gasteiger partial charge in [0.05, 0.1) is 0 Å². The van der Waals surface area contributed by atoms with Gasteiger partial charge in [-0.25, -0.2) is 0 Å². The van der Waals surface area contributed by atoms with Crippen LogP contribution < -0.4 is 0 Å². The molecule has 1 heteroatoms. The summed E-state index contributed by atoms with van der Waals surface area (Å²) < 4.78 is 0. The predicted octanol–water partition coefficient (Wildman–Crippen LogP) is 5.49. The Morgan fingerprint density at radius 1 is 1.19 bits per heavy atom. The molecule has 0 aromatic rings. The first kappa shape index (κ1) is 14.4. The topological polar surface area (TPSA) is 0 Å². The quantitative estimate of drug-likeness (QED) is 0.574. The second-order valence-electron chi connectivity index (χ2n) is 6.38. The van der Waals surface area contributed by atoms with Crippen LogP contribution in [0, 0.1) is 23.2 Å². The molecule has 0 aromatic carbocycles. The largest absolute Gasteiger partial charge is 0.123 e. The lowest BCUT2D eigenvalue weighted by molar-refractivity contribution is 0.0697. The van der Waals surface area contributed by atoms with Crippen molar-refractivity contribution in [1.29, 1.82) is 0 Å². The van der Waals surface area contributed by atoms with Gasteiger partial charge in [0.1, 0.15) is 0 Å². The van der Waals surface area contributed by atoms with Gasteiger partial charge in [0.25, 0.3) is 0 Å². The van der Waals surface area contributed by atoms with Crippen LogP contribution in [0.25, 0.3) is 0 Å². The molecule has 0 spiro atoms. The normalized spacial score (nSPS) is 32.1. The van der Waals surface area contributed by atoms with E-state index in [-0.39, 0.29) is 0 Å². The van der Waals surface area contributed by atoms with Crippen molar-refractivity contribution >= 4 is 11.6 Å². The molecule has 0 aliphatic heterocycles. The summed E-state index contributed by atoms with van der Waals surface area (Å²) in [6, 6.07) is 0. The third-order valence-electron chi connectivity index (χ3n) is 5.03. The SMILES string of the molecule is CCC(CC)C(C)(C)C1CCC(C)CC1Cl. The Morgan fingerprint density at radius 2 is 1.75 bits per heavy atom. The van der Waals surface area contributed by atoms with E-state index in [9.17, 15) is 0 Å². The Labute approximate surface area is 107 Å². The highest BCUT2D eigenvalue weighted by Crippen LogP contribution is 2.48. The summed E-state index contributed by atoms with van der Waals surface area (Å²) in [7, 11) is 0. The second kappa shape index (κ2) is 5.76. The monoisotopic (exact) mass is 244 g/mol. The Bertz CT molecular complexity index is 205. The van der Waals surface area contributed by atoms with Crippen molar-refractivity contribution < 1.29 is 0 Å². The first-order valence-electron chi connectivity index (χ1n) is 7.07. The summed E-state index contributed by atoms with van der Waals surface area (Å²) in [6.07, 6.45) is 6.50. The Balaban J connectivity index is 2.74.